The summed E-state index contributed by atoms with van der Waals surface area (Å²) in [5, 5.41) is 2.31. The average molecular weight is 245 g/mol. The molecule has 0 amide bonds. The smallest absolute Gasteiger partial charge is 0.125 e. The van der Waals surface area contributed by atoms with Crippen LogP contribution >= 0.6 is 0 Å². The quantitative estimate of drug-likeness (QED) is 0.881. The normalized spacial score (nSPS) is 12.6. The van der Waals surface area contributed by atoms with E-state index >= 15 is 0 Å². The van der Waals surface area contributed by atoms with Crippen molar-refractivity contribution in [3.05, 3.63) is 42.0 Å². The zero-order valence-corrected chi connectivity index (χ0v) is 10.8. The number of nitrogens with two attached hydrogens (primary N) is 1. The van der Waals surface area contributed by atoms with Crippen LogP contribution in [-0.4, -0.2) is 20.3 Å². The van der Waals surface area contributed by atoms with Gasteiger partial charge in [0.25, 0.3) is 0 Å². The molecule has 96 valence electrons. The van der Waals surface area contributed by atoms with Gasteiger partial charge in [-0.2, -0.15) is 0 Å². The van der Waals surface area contributed by atoms with Gasteiger partial charge in [-0.3, -0.25) is 0 Å². The fourth-order valence-electron chi connectivity index (χ4n) is 2.26. The molecule has 2 N–H and O–H groups in total. The molecular weight excluding hydrogens is 226 g/mol. The Balaban J connectivity index is 2.63. The van der Waals surface area contributed by atoms with Crippen LogP contribution in [0.1, 0.15) is 18.6 Å². The van der Waals surface area contributed by atoms with E-state index in [1.165, 1.54) is 5.39 Å². The fraction of sp³-hybridized carbons (Fsp3) is 0.333. The van der Waals surface area contributed by atoms with Gasteiger partial charge in [0.05, 0.1) is 13.2 Å². The largest absolute Gasteiger partial charge is 0.496 e. The Labute approximate surface area is 108 Å². The monoisotopic (exact) mass is 245 g/mol. The number of ether oxygens (including phenoxy) is 2. The van der Waals surface area contributed by atoms with Crippen molar-refractivity contribution in [3.8, 4) is 5.75 Å². The van der Waals surface area contributed by atoms with Gasteiger partial charge in [-0.15, -0.1) is 0 Å². The minimum absolute atomic E-state index is 0.129. The molecule has 0 aliphatic carbocycles. The van der Waals surface area contributed by atoms with E-state index in [1.807, 2.05) is 25.1 Å². The van der Waals surface area contributed by atoms with Gasteiger partial charge in [0, 0.05) is 18.7 Å². The first kappa shape index (κ1) is 12.9. The van der Waals surface area contributed by atoms with Crippen molar-refractivity contribution in [2.75, 3.05) is 20.3 Å². The van der Waals surface area contributed by atoms with Crippen LogP contribution in [0.3, 0.4) is 0 Å². The maximum Gasteiger partial charge on any atom is 0.125 e. The van der Waals surface area contributed by atoms with Crippen LogP contribution in [0, 0.1) is 0 Å². The lowest BCUT2D eigenvalue weighted by Crippen LogP contribution is -2.17. The molecule has 2 rings (SSSR count). The first-order chi connectivity index (χ1) is 8.81. The average Bonchev–Trinajstić information content (AvgIpc) is 2.43. The molecule has 0 aromatic heterocycles. The van der Waals surface area contributed by atoms with Crippen molar-refractivity contribution in [3.63, 3.8) is 0 Å². The van der Waals surface area contributed by atoms with Gasteiger partial charge in [0.15, 0.2) is 0 Å². The summed E-state index contributed by atoms with van der Waals surface area (Å²) in [6.45, 7) is 3.05. The number of fused-ring (bicyclic) bond motifs is 1. The molecule has 0 aliphatic heterocycles. The highest BCUT2D eigenvalue weighted by atomic mass is 16.5. The lowest BCUT2D eigenvalue weighted by molar-refractivity contribution is 0.0681. The van der Waals surface area contributed by atoms with Crippen LogP contribution in [0.4, 0.5) is 0 Å². The molecule has 3 nitrogen and oxygen atoms in total. The van der Waals surface area contributed by atoms with Crippen molar-refractivity contribution in [2.24, 2.45) is 5.73 Å². The predicted octanol–water partition coefficient (Wildman–Crippen LogP) is 2.88. The number of methoxy groups -OCH3 is 1. The summed E-state index contributed by atoms with van der Waals surface area (Å²) >= 11 is 0. The van der Waals surface area contributed by atoms with Crippen LogP contribution in [0.25, 0.3) is 10.8 Å². The molecule has 0 aliphatic rings. The summed E-state index contributed by atoms with van der Waals surface area (Å²) in [5.41, 5.74) is 6.87. The van der Waals surface area contributed by atoms with Gasteiger partial charge in [-0.25, -0.2) is 0 Å². The standard InChI is InChI=1S/C15H19NO2/c1-3-18-14(10-16)15-12-7-5-4-6-11(12)8-9-13(15)17-2/h4-9,14H,3,10,16H2,1-2H3. The van der Waals surface area contributed by atoms with E-state index < -0.39 is 0 Å². The molecule has 2 aromatic rings. The SMILES string of the molecule is CCOC(CN)c1c(OC)ccc2ccccc12. The molecule has 2 aromatic carbocycles. The summed E-state index contributed by atoms with van der Waals surface area (Å²) in [7, 11) is 1.67. The van der Waals surface area contributed by atoms with Gasteiger partial charge < -0.3 is 15.2 Å². The molecule has 3 heteroatoms. The summed E-state index contributed by atoms with van der Waals surface area (Å²) in [6.07, 6.45) is -0.129. The summed E-state index contributed by atoms with van der Waals surface area (Å²) in [5.74, 6) is 0.831. The maximum atomic E-state index is 5.82. The summed E-state index contributed by atoms with van der Waals surface area (Å²) in [6, 6.07) is 12.2. The van der Waals surface area contributed by atoms with E-state index in [9.17, 15) is 0 Å². The van der Waals surface area contributed by atoms with Crippen molar-refractivity contribution in [2.45, 2.75) is 13.0 Å². The summed E-state index contributed by atoms with van der Waals surface area (Å²) in [4.78, 5) is 0. The predicted molar refractivity (Wildman–Crippen MR) is 73.9 cm³/mol. The van der Waals surface area contributed by atoms with Crippen molar-refractivity contribution < 1.29 is 9.47 Å². The number of benzene rings is 2. The molecule has 1 atom stereocenters. The molecule has 0 bridgehead atoms. The van der Waals surface area contributed by atoms with Crippen LogP contribution in [-0.2, 0) is 4.74 Å². The molecular formula is C15H19NO2. The van der Waals surface area contributed by atoms with Crippen molar-refractivity contribution >= 4 is 10.8 Å². The van der Waals surface area contributed by atoms with E-state index in [-0.39, 0.29) is 6.10 Å². The van der Waals surface area contributed by atoms with Crippen LogP contribution < -0.4 is 10.5 Å². The number of hydrogen-bond acceptors (Lipinski definition) is 3. The maximum absolute atomic E-state index is 5.82. The van der Waals surface area contributed by atoms with E-state index in [1.54, 1.807) is 7.11 Å². The highest BCUT2D eigenvalue weighted by Gasteiger charge is 2.18. The van der Waals surface area contributed by atoms with Gasteiger partial charge in [-0.05, 0) is 23.8 Å². The van der Waals surface area contributed by atoms with E-state index in [2.05, 4.69) is 18.2 Å². The van der Waals surface area contributed by atoms with Crippen molar-refractivity contribution in [1.29, 1.82) is 0 Å². The topological polar surface area (TPSA) is 44.5 Å². The second-order valence-corrected chi connectivity index (χ2v) is 4.08. The lowest BCUT2D eigenvalue weighted by atomic mass is 9.99. The third-order valence-electron chi connectivity index (χ3n) is 3.05. The van der Waals surface area contributed by atoms with Gasteiger partial charge in [0.1, 0.15) is 5.75 Å². The first-order valence-electron chi connectivity index (χ1n) is 6.19. The Morgan fingerprint density at radius 2 is 1.94 bits per heavy atom. The van der Waals surface area contributed by atoms with E-state index in [0.29, 0.717) is 13.2 Å². The molecule has 1 unspecified atom stereocenters. The Kier molecular flexibility index (Phi) is 4.18. The molecule has 0 fully saturated rings. The Morgan fingerprint density at radius 3 is 2.61 bits per heavy atom. The minimum atomic E-state index is -0.129. The molecule has 18 heavy (non-hydrogen) atoms. The molecule has 0 saturated heterocycles. The lowest BCUT2D eigenvalue weighted by Gasteiger charge is -2.20. The third kappa shape index (κ3) is 2.33. The van der Waals surface area contributed by atoms with Gasteiger partial charge >= 0.3 is 0 Å². The number of hydrogen-bond donors (Lipinski definition) is 1. The Morgan fingerprint density at radius 1 is 1.17 bits per heavy atom. The highest BCUT2D eigenvalue weighted by molar-refractivity contribution is 5.88. The molecule has 0 radical (unpaired) electrons. The molecule has 0 saturated carbocycles. The van der Waals surface area contributed by atoms with Crippen molar-refractivity contribution in [1.82, 2.24) is 0 Å². The third-order valence-corrected chi connectivity index (χ3v) is 3.05. The first-order valence-corrected chi connectivity index (χ1v) is 6.19. The second-order valence-electron chi connectivity index (χ2n) is 4.08. The zero-order valence-electron chi connectivity index (χ0n) is 10.8. The number of rotatable bonds is 5. The van der Waals surface area contributed by atoms with E-state index in [0.717, 1.165) is 16.7 Å². The Bertz CT molecular complexity index is 525. The Hall–Kier alpha value is -1.58. The minimum Gasteiger partial charge on any atom is -0.496 e. The molecule has 0 heterocycles. The zero-order chi connectivity index (χ0) is 13.0. The highest BCUT2D eigenvalue weighted by Crippen LogP contribution is 2.34. The van der Waals surface area contributed by atoms with Gasteiger partial charge in [-0.1, -0.05) is 30.3 Å². The van der Waals surface area contributed by atoms with Crippen LogP contribution in [0.15, 0.2) is 36.4 Å². The second kappa shape index (κ2) is 5.85. The fourth-order valence-corrected chi connectivity index (χ4v) is 2.26. The van der Waals surface area contributed by atoms with Crippen LogP contribution in [0.2, 0.25) is 0 Å². The molecule has 0 spiro atoms. The van der Waals surface area contributed by atoms with Crippen LogP contribution in [0.5, 0.6) is 5.75 Å². The van der Waals surface area contributed by atoms with E-state index in [4.69, 9.17) is 15.2 Å². The van der Waals surface area contributed by atoms with Gasteiger partial charge in [0.2, 0.25) is 0 Å². The summed E-state index contributed by atoms with van der Waals surface area (Å²) < 4.78 is 11.2.